The van der Waals surface area contributed by atoms with Gasteiger partial charge in [0.1, 0.15) is 31.3 Å². The fourth-order valence-electron chi connectivity index (χ4n) is 3.39. The van der Waals surface area contributed by atoms with Crippen molar-refractivity contribution in [2.75, 3.05) is 26.4 Å². The van der Waals surface area contributed by atoms with E-state index >= 15 is 0 Å². The van der Waals surface area contributed by atoms with Gasteiger partial charge in [-0.2, -0.15) is 5.10 Å². The van der Waals surface area contributed by atoms with Gasteiger partial charge in [-0.05, 0) is 42.8 Å². The molecule has 0 spiro atoms. The lowest BCUT2D eigenvalue weighted by atomic mass is 10.1. The van der Waals surface area contributed by atoms with Gasteiger partial charge in [0, 0.05) is 19.2 Å². The Bertz CT molecular complexity index is 1130. The number of benzene rings is 2. The first kappa shape index (κ1) is 21.4. The van der Waals surface area contributed by atoms with Gasteiger partial charge >= 0.3 is 0 Å². The van der Waals surface area contributed by atoms with Crippen molar-refractivity contribution in [3.8, 4) is 17.2 Å². The fourth-order valence-corrected chi connectivity index (χ4v) is 3.39. The minimum atomic E-state index is -0.284. The zero-order valence-corrected chi connectivity index (χ0v) is 17.9. The number of amides is 1. The Hall–Kier alpha value is -3.81. The van der Waals surface area contributed by atoms with Gasteiger partial charge in [-0.15, -0.1) is 0 Å². The maximum atomic E-state index is 13.1. The first-order valence-electron chi connectivity index (χ1n) is 10.6. The number of ether oxygens (including phenoxy) is 3. The van der Waals surface area contributed by atoms with E-state index in [9.17, 15) is 9.59 Å². The molecule has 4 rings (SSSR count). The molecule has 2 aromatic carbocycles. The van der Waals surface area contributed by atoms with Gasteiger partial charge < -0.3 is 19.1 Å². The molecule has 0 radical (unpaired) electrons. The summed E-state index contributed by atoms with van der Waals surface area (Å²) in [5.74, 6) is 1.85. The number of aromatic nitrogens is 2. The molecule has 8 heteroatoms. The van der Waals surface area contributed by atoms with Gasteiger partial charge in [0.15, 0.2) is 11.5 Å². The Balaban J connectivity index is 1.44. The lowest BCUT2D eigenvalue weighted by molar-refractivity contribution is 0.0743. The van der Waals surface area contributed by atoms with E-state index in [0.29, 0.717) is 43.6 Å². The molecule has 32 heavy (non-hydrogen) atoms. The highest BCUT2D eigenvalue weighted by atomic mass is 16.6. The van der Waals surface area contributed by atoms with E-state index in [2.05, 4.69) is 5.10 Å². The third-order valence-electron chi connectivity index (χ3n) is 5.05. The van der Waals surface area contributed by atoms with Crippen LogP contribution in [0.2, 0.25) is 0 Å². The third-order valence-corrected chi connectivity index (χ3v) is 5.05. The molecule has 1 aliphatic rings. The van der Waals surface area contributed by atoms with Crippen molar-refractivity contribution >= 4 is 5.91 Å². The summed E-state index contributed by atoms with van der Waals surface area (Å²) in [4.78, 5) is 27.0. The topological polar surface area (TPSA) is 82.9 Å². The van der Waals surface area contributed by atoms with Crippen LogP contribution in [0.25, 0.3) is 0 Å². The van der Waals surface area contributed by atoms with E-state index in [1.807, 2.05) is 55.5 Å². The number of hydrogen-bond donors (Lipinski definition) is 0. The van der Waals surface area contributed by atoms with Gasteiger partial charge in [0.2, 0.25) is 0 Å². The maximum absolute atomic E-state index is 13.1. The predicted octanol–water partition coefficient (Wildman–Crippen LogP) is 2.76. The van der Waals surface area contributed by atoms with Crippen LogP contribution in [-0.4, -0.2) is 47.0 Å². The smallest absolute Gasteiger partial charge is 0.274 e. The van der Waals surface area contributed by atoms with Gasteiger partial charge in [-0.3, -0.25) is 9.59 Å². The second-order valence-electron chi connectivity index (χ2n) is 7.24. The van der Waals surface area contributed by atoms with Crippen LogP contribution in [0.5, 0.6) is 17.2 Å². The number of fused-ring (bicyclic) bond motifs is 1. The fraction of sp³-hybridized carbons (Fsp3) is 0.292. The molecule has 0 fully saturated rings. The second kappa shape index (κ2) is 10.00. The van der Waals surface area contributed by atoms with Crippen molar-refractivity contribution in [2.45, 2.75) is 20.0 Å². The molecule has 1 amide bonds. The SMILES string of the molecule is CCN(Cc1ccc2c(c1)OCCO2)C(=O)c1ccc(=O)n(CCOc2ccccc2)n1. The van der Waals surface area contributed by atoms with Crippen molar-refractivity contribution in [1.29, 1.82) is 0 Å². The Labute approximate surface area is 186 Å². The average molecular weight is 435 g/mol. The van der Waals surface area contributed by atoms with Crippen LogP contribution < -0.4 is 19.8 Å². The second-order valence-corrected chi connectivity index (χ2v) is 7.24. The largest absolute Gasteiger partial charge is 0.492 e. The molecule has 0 N–H and O–H groups in total. The summed E-state index contributed by atoms with van der Waals surface area (Å²) in [6, 6.07) is 17.8. The van der Waals surface area contributed by atoms with Crippen molar-refractivity contribution in [2.24, 2.45) is 0 Å². The van der Waals surface area contributed by atoms with Crippen LogP contribution in [0.1, 0.15) is 23.0 Å². The quantitative estimate of drug-likeness (QED) is 0.541. The number of rotatable bonds is 8. The summed E-state index contributed by atoms with van der Waals surface area (Å²) >= 11 is 0. The van der Waals surface area contributed by atoms with E-state index < -0.39 is 0 Å². The number of para-hydroxylation sites is 1. The van der Waals surface area contributed by atoms with E-state index in [4.69, 9.17) is 14.2 Å². The molecule has 0 unspecified atom stereocenters. The Morgan fingerprint density at radius 1 is 1.06 bits per heavy atom. The van der Waals surface area contributed by atoms with Gasteiger partial charge in [-0.25, -0.2) is 4.68 Å². The molecule has 0 aliphatic carbocycles. The van der Waals surface area contributed by atoms with Crippen molar-refractivity contribution in [3.05, 3.63) is 82.3 Å². The lowest BCUT2D eigenvalue weighted by Gasteiger charge is -2.23. The zero-order chi connectivity index (χ0) is 22.3. The lowest BCUT2D eigenvalue weighted by Crippen LogP contribution is -2.34. The molecule has 3 aromatic rings. The van der Waals surface area contributed by atoms with Crippen LogP contribution in [0.15, 0.2) is 65.5 Å². The summed E-state index contributed by atoms with van der Waals surface area (Å²) < 4.78 is 18.1. The summed E-state index contributed by atoms with van der Waals surface area (Å²) in [7, 11) is 0. The van der Waals surface area contributed by atoms with Crippen molar-refractivity contribution in [1.82, 2.24) is 14.7 Å². The molecule has 8 nitrogen and oxygen atoms in total. The summed E-state index contributed by atoms with van der Waals surface area (Å²) in [6.45, 7) is 4.33. The van der Waals surface area contributed by atoms with Crippen molar-refractivity contribution in [3.63, 3.8) is 0 Å². The van der Waals surface area contributed by atoms with Crippen molar-refractivity contribution < 1.29 is 19.0 Å². The number of carbonyl (C=O) groups excluding carboxylic acids is 1. The highest BCUT2D eigenvalue weighted by Crippen LogP contribution is 2.31. The van der Waals surface area contributed by atoms with Crippen LogP contribution in [-0.2, 0) is 13.1 Å². The Morgan fingerprint density at radius 3 is 2.62 bits per heavy atom. The molecule has 1 aromatic heterocycles. The first-order chi connectivity index (χ1) is 15.6. The molecule has 166 valence electrons. The third kappa shape index (κ3) is 5.08. The molecular weight excluding hydrogens is 410 g/mol. The minimum Gasteiger partial charge on any atom is -0.492 e. The molecule has 0 saturated carbocycles. The molecule has 0 atom stereocenters. The van der Waals surface area contributed by atoms with Gasteiger partial charge in [-0.1, -0.05) is 24.3 Å². The van der Waals surface area contributed by atoms with Crippen LogP contribution in [0, 0.1) is 0 Å². The number of hydrogen-bond acceptors (Lipinski definition) is 6. The average Bonchev–Trinajstić information content (AvgIpc) is 2.84. The zero-order valence-electron chi connectivity index (χ0n) is 17.9. The predicted molar refractivity (Wildman–Crippen MR) is 118 cm³/mol. The van der Waals surface area contributed by atoms with E-state index in [1.54, 1.807) is 4.90 Å². The summed E-state index contributed by atoms with van der Waals surface area (Å²) in [6.07, 6.45) is 0. The monoisotopic (exact) mass is 435 g/mol. The molecule has 1 aliphatic heterocycles. The molecule has 2 heterocycles. The molecular formula is C24H25N3O5. The summed E-state index contributed by atoms with van der Waals surface area (Å²) in [5, 5.41) is 4.27. The first-order valence-corrected chi connectivity index (χ1v) is 10.6. The molecule has 0 saturated heterocycles. The van der Waals surface area contributed by atoms with E-state index in [0.717, 1.165) is 5.56 Å². The Kier molecular flexibility index (Phi) is 6.69. The van der Waals surface area contributed by atoms with Crippen LogP contribution in [0.4, 0.5) is 0 Å². The number of nitrogens with zero attached hydrogens (tertiary/aromatic N) is 3. The summed E-state index contributed by atoms with van der Waals surface area (Å²) in [5.41, 5.74) is 0.853. The maximum Gasteiger partial charge on any atom is 0.274 e. The van der Waals surface area contributed by atoms with Gasteiger partial charge in [0.05, 0.1) is 6.54 Å². The molecule has 0 bridgehead atoms. The normalized spacial score (nSPS) is 12.3. The van der Waals surface area contributed by atoms with Crippen LogP contribution >= 0.6 is 0 Å². The highest BCUT2D eigenvalue weighted by molar-refractivity contribution is 5.92. The minimum absolute atomic E-state index is 0.212. The number of carbonyl (C=O) groups is 1. The van der Waals surface area contributed by atoms with Crippen LogP contribution in [0.3, 0.4) is 0 Å². The van der Waals surface area contributed by atoms with Gasteiger partial charge in [0.25, 0.3) is 11.5 Å². The standard InChI is InChI=1S/C24H25N3O5/c1-2-26(17-18-8-10-21-22(16-18)32-15-14-31-21)24(29)20-9-11-23(28)27(25-20)12-13-30-19-6-4-3-5-7-19/h3-11,16H,2,12-15,17H2,1H3. The highest BCUT2D eigenvalue weighted by Gasteiger charge is 2.19. The van der Waals surface area contributed by atoms with E-state index in [-0.39, 0.29) is 30.3 Å². The Morgan fingerprint density at radius 2 is 1.84 bits per heavy atom. The van der Waals surface area contributed by atoms with E-state index in [1.165, 1.54) is 16.8 Å².